The van der Waals surface area contributed by atoms with Crippen molar-refractivity contribution in [3.63, 3.8) is 0 Å². The summed E-state index contributed by atoms with van der Waals surface area (Å²) in [5, 5.41) is 8.02. The SMILES string of the molecule is C=CCNC[C@H]1CC(c2ccccc2Cl)=NO1. The van der Waals surface area contributed by atoms with Crippen molar-refractivity contribution >= 4 is 17.3 Å². The summed E-state index contributed by atoms with van der Waals surface area (Å²) in [5.74, 6) is 0. The third-order valence-corrected chi connectivity index (χ3v) is 2.91. The lowest BCUT2D eigenvalue weighted by Crippen LogP contribution is -2.27. The molecule has 1 N–H and O–H groups in total. The van der Waals surface area contributed by atoms with Crippen molar-refractivity contribution in [2.24, 2.45) is 5.16 Å². The van der Waals surface area contributed by atoms with Gasteiger partial charge in [0.25, 0.3) is 0 Å². The minimum absolute atomic E-state index is 0.0845. The number of hydrogen-bond donors (Lipinski definition) is 1. The van der Waals surface area contributed by atoms with E-state index in [1.54, 1.807) is 0 Å². The summed E-state index contributed by atoms with van der Waals surface area (Å²) in [6.45, 7) is 5.20. The smallest absolute Gasteiger partial charge is 0.145 e. The van der Waals surface area contributed by atoms with Crippen LogP contribution in [0.1, 0.15) is 12.0 Å². The number of rotatable bonds is 5. The summed E-state index contributed by atoms with van der Waals surface area (Å²) in [4.78, 5) is 5.35. The number of benzene rings is 1. The molecule has 0 radical (unpaired) electrons. The molecule has 0 unspecified atom stereocenters. The van der Waals surface area contributed by atoms with E-state index in [0.29, 0.717) is 0 Å². The van der Waals surface area contributed by atoms with Crippen LogP contribution in [0.25, 0.3) is 0 Å². The average molecular weight is 251 g/mol. The Bertz CT molecular complexity index is 431. The molecule has 1 heterocycles. The second kappa shape index (κ2) is 5.84. The van der Waals surface area contributed by atoms with Gasteiger partial charge in [0.1, 0.15) is 6.10 Å². The van der Waals surface area contributed by atoms with Gasteiger partial charge in [-0.2, -0.15) is 0 Å². The predicted octanol–water partition coefficient (Wildman–Crippen LogP) is 2.61. The lowest BCUT2D eigenvalue weighted by Gasteiger charge is -2.07. The van der Waals surface area contributed by atoms with Gasteiger partial charge in [-0.25, -0.2) is 0 Å². The topological polar surface area (TPSA) is 33.6 Å². The van der Waals surface area contributed by atoms with Crippen molar-refractivity contribution in [1.29, 1.82) is 0 Å². The quantitative estimate of drug-likeness (QED) is 0.644. The summed E-state index contributed by atoms with van der Waals surface area (Å²) < 4.78 is 0. The Morgan fingerprint density at radius 1 is 1.53 bits per heavy atom. The monoisotopic (exact) mass is 250 g/mol. The van der Waals surface area contributed by atoms with Crippen molar-refractivity contribution in [1.82, 2.24) is 5.32 Å². The minimum Gasteiger partial charge on any atom is -0.390 e. The highest BCUT2D eigenvalue weighted by molar-refractivity contribution is 6.34. The standard InChI is InChI=1S/C13H15ClN2O/c1-2-7-15-9-10-8-13(16-17-10)11-5-3-4-6-12(11)14/h2-6,10,15H,1,7-9H2/t10-/m1/s1. The van der Waals surface area contributed by atoms with Gasteiger partial charge in [-0.1, -0.05) is 41.0 Å². The molecule has 0 fully saturated rings. The van der Waals surface area contributed by atoms with E-state index < -0.39 is 0 Å². The van der Waals surface area contributed by atoms with Gasteiger partial charge < -0.3 is 10.2 Å². The highest BCUT2D eigenvalue weighted by Crippen LogP contribution is 2.22. The van der Waals surface area contributed by atoms with E-state index in [9.17, 15) is 0 Å². The van der Waals surface area contributed by atoms with Crippen LogP contribution in [0.3, 0.4) is 0 Å². The highest BCUT2D eigenvalue weighted by atomic mass is 35.5. The van der Waals surface area contributed by atoms with Crippen LogP contribution in [-0.2, 0) is 4.84 Å². The molecule has 3 nitrogen and oxygen atoms in total. The Balaban J connectivity index is 1.93. The van der Waals surface area contributed by atoms with Crippen LogP contribution in [0.2, 0.25) is 5.02 Å². The van der Waals surface area contributed by atoms with E-state index in [1.165, 1.54) is 0 Å². The third kappa shape index (κ3) is 3.08. The Kier molecular flexibility index (Phi) is 4.18. The number of nitrogens with one attached hydrogen (secondary N) is 1. The fraction of sp³-hybridized carbons (Fsp3) is 0.308. The molecule has 0 aliphatic carbocycles. The molecule has 0 aromatic heterocycles. The molecule has 1 aliphatic heterocycles. The lowest BCUT2D eigenvalue weighted by atomic mass is 10.1. The van der Waals surface area contributed by atoms with Gasteiger partial charge in [0.05, 0.1) is 5.71 Å². The van der Waals surface area contributed by atoms with E-state index >= 15 is 0 Å². The van der Waals surface area contributed by atoms with E-state index in [1.807, 2.05) is 30.3 Å². The van der Waals surface area contributed by atoms with Crippen LogP contribution >= 0.6 is 11.6 Å². The summed E-state index contributed by atoms with van der Waals surface area (Å²) in [6.07, 6.45) is 2.69. The van der Waals surface area contributed by atoms with Gasteiger partial charge in [-0.15, -0.1) is 6.58 Å². The molecule has 2 rings (SSSR count). The van der Waals surface area contributed by atoms with Gasteiger partial charge in [-0.3, -0.25) is 0 Å². The summed E-state index contributed by atoms with van der Waals surface area (Å²) >= 11 is 6.11. The van der Waals surface area contributed by atoms with Crippen molar-refractivity contribution in [3.05, 3.63) is 47.5 Å². The van der Waals surface area contributed by atoms with Gasteiger partial charge in [0.2, 0.25) is 0 Å². The number of oxime groups is 1. The summed E-state index contributed by atoms with van der Waals surface area (Å²) in [7, 11) is 0. The highest BCUT2D eigenvalue weighted by Gasteiger charge is 2.22. The Morgan fingerprint density at radius 2 is 2.35 bits per heavy atom. The molecule has 1 atom stereocenters. The van der Waals surface area contributed by atoms with Crippen LogP contribution in [0, 0.1) is 0 Å². The van der Waals surface area contributed by atoms with Crippen molar-refractivity contribution in [2.45, 2.75) is 12.5 Å². The normalized spacial score (nSPS) is 18.6. The van der Waals surface area contributed by atoms with Gasteiger partial charge >= 0.3 is 0 Å². The molecular formula is C13H15ClN2O. The molecule has 0 saturated carbocycles. The maximum atomic E-state index is 6.11. The van der Waals surface area contributed by atoms with Crippen LogP contribution < -0.4 is 5.32 Å². The van der Waals surface area contributed by atoms with Gasteiger partial charge in [0.15, 0.2) is 0 Å². The maximum Gasteiger partial charge on any atom is 0.145 e. The van der Waals surface area contributed by atoms with Crippen LogP contribution in [0.15, 0.2) is 42.1 Å². The molecule has 0 bridgehead atoms. The largest absolute Gasteiger partial charge is 0.390 e. The summed E-state index contributed by atoms with van der Waals surface area (Å²) in [5.41, 5.74) is 1.88. The molecule has 1 aromatic rings. The second-order valence-electron chi connectivity index (χ2n) is 3.90. The second-order valence-corrected chi connectivity index (χ2v) is 4.30. The van der Waals surface area contributed by atoms with E-state index in [4.69, 9.17) is 16.4 Å². The first kappa shape index (κ1) is 12.1. The third-order valence-electron chi connectivity index (χ3n) is 2.58. The average Bonchev–Trinajstić information content (AvgIpc) is 2.79. The predicted molar refractivity (Wildman–Crippen MR) is 70.5 cm³/mol. The van der Waals surface area contributed by atoms with E-state index in [-0.39, 0.29) is 6.10 Å². The number of hydrogen-bond acceptors (Lipinski definition) is 3. The van der Waals surface area contributed by atoms with E-state index in [2.05, 4.69) is 17.1 Å². The molecule has 17 heavy (non-hydrogen) atoms. The Hall–Kier alpha value is -1.32. The molecule has 0 amide bonds. The van der Waals surface area contributed by atoms with Gasteiger partial charge in [-0.05, 0) is 6.07 Å². The van der Waals surface area contributed by atoms with Crippen LogP contribution in [-0.4, -0.2) is 24.9 Å². The summed E-state index contributed by atoms with van der Waals surface area (Å²) in [6, 6.07) is 7.69. The van der Waals surface area contributed by atoms with Crippen molar-refractivity contribution in [3.8, 4) is 0 Å². The number of nitrogens with zero attached hydrogens (tertiary/aromatic N) is 1. The molecule has 0 spiro atoms. The fourth-order valence-corrected chi connectivity index (χ4v) is 1.98. The molecule has 4 heteroatoms. The van der Waals surface area contributed by atoms with Crippen LogP contribution in [0.5, 0.6) is 0 Å². The molecule has 1 aromatic carbocycles. The van der Waals surface area contributed by atoms with Crippen molar-refractivity contribution in [2.75, 3.05) is 13.1 Å². The van der Waals surface area contributed by atoms with Gasteiger partial charge in [0, 0.05) is 30.1 Å². The Labute approximate surface area is 106 Å². The maximum absolute atomic E-state index is 6.11. The first-order chi connectivity index (χ1) is 8.31. The first-order valence-electron chi connectivity index (χ1n) is 5.60. The zero-order valence-corrected chi connectivity index (χ0v) is 10.3. The Morgan fingerprint density at radius 3 is 3.12 bits per heavy atom. The lowest BCUT2D eigenvalue weighted by molar-refractivity contribution is 0.0859. The minimum atomic E-state index is 0.0845. The molecule has 90 valence electrons. The zero-order valence-electron chi connectivity index (χ0n) is 9.53. The first-order valence-corrected chi connectivity index (χ1v) is 5.98. The molecular weight excluding hydrogens is 236 g/mol. The zero-order chi connectivity index (χ0) is 12.1. The fourth-order valence-electron chi connectivity index (χ4n) is 1.74. The van der Waals surface area contributed by atoms with E-state index in [0.717, 1.165) is 35.8 Å². The number of halogens is 1. The van der Waals surface area contributed by atoms with Crippen LogP contribution in [0.4, 0.5) is 0 Å². The molecule has 1 aliphatic rings. The molecule has 0 saturated heterocycles. The van der Waals surface area contributed by atoms with Crippen molar-refractivity contribution < 1.29 is 4.84 Å².